The van der Waals surface area contributed by atoms with Crippen LogP contribution in [0.4, 0.5) is 0 Å². The molecule has 0 spiro atoms. The summed E-state index contributed by atoms with van der Waals surface area (Å²) in [5.41, 5.74) is 21.7. The molecule has 3 amide bonds. The first kappa shape index (κ1) is 28.1. The number of nitrogens with one attached hydrogen (secondary N) is 2. The van der Waals surface area contributed by atoms with Crippen molar-refractivity contribution in [2.45, 2.75) is 76.0 Å². The molecule has 1 saturated heterocycles. The second-order valence-corrected chi connectivity index (χ2v) is 8.17. The fraction of sp³-hybridized carbons (Fsp3) is 0.750. The molecule has 11 N–H and O–H groups in total. The van der Waals surface area contributed by atoms with Crippen molar-refractivity contribution in [1.82, 2.24) is 15.5 Å². The number of aliphatic imine (C=N–C) groups is 1. The van der Waals surface area contributed by atoms with E-state index in [-0.39, 0.29) is 25.3 Å². The van der Waals surface area contributed by atoms with Crippen molar-refractivity contribution >= 4 is 29.7 Å². The van der Waals surface area contributed by atoms with E-state index >= 15 is 0 Å². The summed E-state index contributed by atoms with van der Waals surface area (Å²) in [7, 11) is 0. The average molecular weight is 471 g/mol. The number of rotatable bonds is 14. The molecule has 0 saturated carbocycles. The lowest BCUT2D eigenvalue weighted by Crippen LogP contribution is -2.56. The Hall–Kier alpha value is -2.93. The third-order valence-corrected chi connectivity index (χ3v) is 5.37. The summed E-state index contributed by atoms with van der Waals surface area (Å²) in [5, 5.41) is 14.6. The van der Waals surface area contributed by atoms with Gasteiger partial charge in [0.2, 0.25) is 17.7 Å². The number of nitrogens with two attached hydrogens (primary N) is 4. The average Bonchev–Trinajstić information content (AvgIpc) is 3.24. The number of carboxylic acids is 1. The minimum atomic E-state index is -1.14. The van der Waals surface area contributed by atoms with Crippen LogP contribution < -0.4 is 33.6 Å². The molecule has 1 aliphatic rings. The lowest BCUT2D eigenvalue weighted by atomic mass is 10.1. The Morgan fingerprint density at radius 3 is 2.33 bits per heavy atom. The second-order valence-electron chi connectivity index (χ2n) is 8.17. The molecule has 0 bridgehead atoms. The fourth-order valence-corrected chi connectivity index (χ4v) is 3.59. The molecular formula is C20H38N8O5. The van der Waals surface area contributed by atoms with Crippen LogP contribution in [-0.2, 0) is 19.2 Å². The zero-order valence-corrected chi connectivity index (χ0v) is 19.2. The Morgan fingerprint density at radius 1 is 1.09 bits per heavy atom. The Kier molecular flexibility index (Phi) is 12.1. The van der Waals surface area contributed by atoms with E-state index < -0.39 is 47.9 Å². The molecule has 0 aromatic carbocycles. The van der Waals surface area contributed by atoms with E-state index in [0.717, 1.165) is 0 Å². The van der Waals surface area contributed by atoms with Gasteiger partial charge in [-0.05, 0) is 58.4 Å². The molecule has 0 aromatic heterocycles. The number of carboxylic acid groups (broad SMARTS) is 1. The van der Waals surface area contributed by atoms with Crippen LogP contribution in [0.1, 0.15) is 51.9 Å². The van der Waals surface area contributed by atoms with Gasteiger partial charge in [-0.2, -0.15) is 0 Å². The number of nitrogens with zero attached hydrogens (tertiary/aromatic N) is 2. The molecule has 33 heavy (non-hydrogen) atoms. The van der Waals surface area contributed by atoms with Gasteiger partial charge in [-0.3, -0.25) is 19.4 Å². The van der Waals surface area contributed by atoms with Gasteiger partial charge in [-0.25, -0.2) is 4.79 Å². The molecule has 1 heterocycles. The Morgan fingerprint density at radius 2 is 1.76 bits per heavy atom. The summed E-state index contributed by atoms with van der Waals surface area (Å²) >= 11 is 0. The molecule has 0 aliphatic carbocycles. The molecule has 1 aliphatic heterocycles. The first-order valence-corrected chi connectivity index (χ1v) is 11.2. The molecule has 13 nitrogen and oxygen atoms in total. The van der Waals surface area contributed by atoms with E-state index in [4.69, 9.17) is 22.9 Å². The van der Waals surface area contributed by atoms with Gasteiger partial charge in [0.05, 0.1) is 6.04 Å². The highest BCUT2D eigenvalue weighted by atomic mass is 16.4. The molecule has 188 valence electrons. The highest BCUT2D eigenvalue weighted by Crippen LogP contribution is 2.20. The summed E-state index contributed by atoms with van der Waals surface area (Å²) < 4.78 is 0. The van der Waals surface area contributed by atoms with Crippen molar-refractivity contribution in [2.24, 2.45) is 27.9 Å². The molecule has 0 aromatic rings. The number of guanidine groups is 1. The summed E-state index contributed by atoms with van der Waals surface area (Å²) in [4.78, 5) is 55.0. The maximum atomic E-state index is 13.3. The Labute approximate surface area is 193 Å². The molecule has 4 atom stereocenters. The van der Waals surface area contributed by atoms with Crippen molar-refractivity contribution in [3.63, 3.8) is 0 Å². The summed E-state index contributed by atoms with van der Waals surface area (Å²) in [6.45, 7) is 2.52. The van der Waals surface area contributed by atoms with Gasteiger partial charge < -0.3 is 43.6 Å². The number of amides is 3. The third kappa shape index (κ3) is 9.61. The topological polar surface area (TPSA) is 232 Å². The van der Waals surface area contributed by atoms with Crippen LogP contribution in [0.2, 0.25) is 0 Å². The maximum Gasteiger partial charge on any atom is 0.326 e. The van der Waals surface area contributed by atoms with Crippen LogP contribution >= 0.6 is 0 Å². The van der Waals surface area contributed by atoms with Crippen LogP contribution in [0.25, 0.3) is 0 Å². The third-order valence-electron chi connectivity index (χ3n) is 5.37. The van der Waals surface area contributed by atoms with Crippen molar-refractivity contribution in [1.29, 1.82) is 0 Å². The largest absolute Gasteiger partial charge is 0.480 e. The van der Waals surface area contributed by atoms with Gasteiger partial charge in [0.1, 0.15) is 18.1 Å². The minimum absolute atomic E-state index is 0.0757. The summed E-state index contributed by atoms with van der Waals surface area (Å²) in [6, 6.07) is -3.61. The van der Waals surface area contributed by atoms with E-state index in [0.29, 0.717) is 45.2 Å². The van der Waals surface area contributed by atoms with E-state index in [2.05, 4.69) is 15.6 Å². The van der Waals surface area contributed by atoms with Crippen molar-refractivity contribution in [3.05, 3.63) is 0 Å². The van der Waals surface area contributed by atoms with E-state index in [1.54, 1.807) is 0 Å². The summed E-state index contributed by atoms with van der Waals surface area (Å²) in [6.07, 6.45) is 3.09. The van der Waals surface area contributed by atoms with Crippen molar-refractivity contribution in [2.75, 3.05) is 19.6 Å². The van der Waals surface area contributed by atoms with Gasteiger partial charge in [0, 0.05) is 13.1 Å². The van der Waals surface area contributed by atoms with Gasteiger partial charge in [-0.1, -0.05) is 0 Å². The standard InChI is InChI=1S/C20H38N8O5/c1-12(22)16(29)26-13(7-4-10-25-20(23)24)18(31)28-11-5-8-15(28)17(30)27-14(19(32)33)6-2-3-9-21/h12-15H,2-11,21-22H2,1H3,(H,26,29)(H,27,30)(H,32,33)(H4,23,24,25). The smallest absolute Gasteiger partial charge is 0.326 e. The predicted molar refractivity (Wildman–Crippen MR) is 123 cm³/mol. The molecule has 1 rings (SSSR count). The minimum Gasteiger partial charge on any atom is -0.480 e. The summed E-state index contributed by atoms with van der Waals surface area (Å²) in [5.74, 6) is -2.67. The van der Waals surface area contributed by atoms with Crippen LogP contribution in [0, 0.1) is 0 Å². The van der Waals surface area contributed by atoms with Gasteiger partial charge >= 0.3 is 5.97 Å². The highest BCUT2D eigenvalue weighted by Gasteiger charge is 2.38. The number of carbonyl (C=O) groups excluding carboxylic acids is 3. The van der Waals surface area contributed by atoms with E-state index in [1.165, 1.54) is 11.8 Å². The van der Waals surface area contributed by atoms with E-state index in [1.807, 2.05) is 0 Å². The zero-order chi connectivity index (χ0) is 25.0. The monoisotopic (exact) mass is 470 g/mol. The van der Waals surface area contributed by atoms with Crippen molar-refractivity contribution < 1.29 is 24.3 Å². The van der Waals surface area contributed by atoms with Crippen molar-refractivity contribution in [3.8, 4) is 0 Å². The highest BCUT2D eigenvalue weighted by molar-refractivity contribution is 5.94. The first-order valence-electron chi connectivity index (χ1n) is 11.2. The van der Waals surface area contributed by atoms with E-state index in [9.17, 15) is 24.3 Å². The zero-order valence-electron chi connectivity index (χ0n) is 19.2. The van der Waals surface area contributed by atoms with Gasteiger partial charge in [-0.15, -0.1) is 0 Å². The lowest BCUT2D eigenvalue weighted by molar-refractivity contribution is -0.145. The van der Waals surface area contributed by atoms with Gasteiger partial charge in [0.15, 0.2) is 5.96 Å². The fourth-order valence-electron chi connectivity index (χ4n) is 3.59. The Bertz CT molecular complexity index is 711. The van der Waals surface area contributed by atoms with Gasteiger partial charge in [0.25, 0.3) is 0 Å². The Balaban J connectivity index is 2.89. The number of aliphatic carboxylic acids is 1. The SMILES string of the molecule is CC(N)C(=O)NC(CCCN=C(N)N)C(=O)N1CCCC1C(=O)NC(CCCCN)C(=O)O. The number of carbonyl (C=O) groups is 4. The normalized spacial score (nSPS) is 18.2. The predicted octanol–water partition coefficient (Wildman–Crippen LogP) is -2.44. The number of likely N-dealkylation sites (tertiary alicyclic amines) is 1. The van der Waals surface area contributed by atoms with Crippen LogP contribution in [-0.4, -0.2) is 83.5 Å². The maximum absolute atomic E-state index is 13.3. The lowest BCUT2D eigenvalue weighted by Gasteiger charge is -2.29. The molecule has 1 fully saturated rings. The molecule has 0 radical (unpaired) electrons. The van der Waals surface area contributed by atoms with Crippen LogP contribution in [0.15, 0.2) is 4.99 Å². The first-order chi connectivity index (χ1) is 15.6. The quantitative estimate of drug-likeness (QED) is 0.0810. The van der Waals surface area contributed by atoms with Crippen LogP contribution in [0.3, 0.4) is 0 Å². The molecular weight excluding hydrogens is 432 g/mol. The number of hydrogen-bond acceptors (Lipinski definition) is 7. The molecule has 4 unspecified atom stereocenters. The molecule has 13 heteroatoms. The van der Waals surface area contributed by atoms with Crippen LogP contribution in [0.5, 0.6) is 0 Å². The second kappa shape index (κ2) is 14.3. The number of unbranched alkanes of at least 4 members (excludes halogenated alkanes) is 1. The number of hydrogen-bond donors (Lipinski definition) is 7.